The largest absolute Gasteiger partial charge is 0.391 e. The molecule has 1 saturated heterocycles. The highest BCUT2D eigenvalue weighted by molar-refractivity contribution is 14.0. The van der Waals surface area contributed by atoms with E-state index in [0.29, 0.717) is 6.54 Å². The van der Waals surface area contributed by atoms with Crippen LogP contribution in [0.3, 0.4) is 0 Å². The van der Waals surface area contributed by atoms with Crippen molar-refractivity contribution in [1.82, 2.24) is 15.2 Å². The Kier molecular flexibility index (Phi) is 6.71. The van der Waals surface area contributed by atoms with Crippen LogP contribution in [0.5, 0.6) is 0 Å². The Balaban J connectivity index is 0.00000192. The van der Waals surface area contributed by atoms with Gasteiger partial charge in [-0.15, -0.1) is 24.0 Å². The third-order valence-electron chi connectivity index (χ3n) is 4.12. The number of aliphatic hydroxyl groups excluding tert-OH is 1. The number of guanidine groups is 1. The molecule has 1 aliphatic rings. The first-order valence-electron chi connectivity index (χ1n) is 8.04. The van der Waals surface area contributed by atoms with E-state index < -0.39 is 0 Å². The first-order chi connectivity index (χ1) is 10.8. The molecule has 0 spiro atoms. The molecule has 1 aliphatic heterocycles. The number of β-amino-alcohol motifs (C(OH)–C–C–N with tert-alkyl or cyclic N) is 1. The first kappa shape index (κ1) is 18.1. The van der Waals surface area contributed by atoms with Gasteiger partial charge in [-0.2, -0.15) is 0 Å². The molecule has 6 heteroatoms. The number of rotatable bonds is 4. The van der Waals surface area contributed by atoms with Gasteiger partial charge < -0.3 is 20.3 Å². The zero-order valence-corrected chi connectivity index (χ0v) is 15.8. The van der Waals surface area contributed by atoms with E-state index in [1.807, 2.05) is 6.07 Å². The highest BCUT2D eigenvalue weighted by Crippen LogP contribution is 2.18. The van der Waals surface area contributed by atoms with E-state index in [-0.39, 0.29) is 30.1 Å². The molecule has 2 aromatic rings. The number of hydrogen-bond donors (Lipinski definition) is 3. The van der Waals surface area contributed by atoms with E-state index in [1.54, 1.807) is 0 Å². The van der Waals surface area contributed by atoms with Crippen LogP contribution in [0.15, 0.2) is 35.5 Å². The predicted octanol–water partition coefficient (Wildman–Crippen LogP) is 2.36. The van der Waals surface area contributed by atoms with E-state index in [1.165, 1.54) is 16.5 Å². The molecule has 0 aliphatic carbocycles. The van der Waals surface area contributed by atoms with Crippen LogP contribution in [0.4, 0.5) is 0 Å². The maximum atomic E-state index is 9.68. The summed E-state index contributed by atoms with van der Waals surface area (Å²) in [5, 5.41) is 14.3. The van der Waals surface area contributed by atoms with E-state index in [0.717, 1.165) is 38.4 Å². The number of likely N-dealkylation sites (tertiary alicyclic amines) is 1. The Labute approximate surface area is 154 Å². The Morgan fingerprint density at radius 3 is 3.00 bits per heavy atom. The fourth-order valence-corrected chi connectivity index (χ4v) is 2.98. The van der Waals surface area contributed by atoms with Crippen molar-refractivity contribution in [2.45, 2.75) is 25.9 Å². The van der Waals surface area contributed by atoms with Gasteiger partial charge in [0.05, 0.1) is 6.10 Å². The number of halogens is 1. The van der Waals surface area contributed by atoms with Crippen molar-refractivity contribution in [2.24, 2.45) is 4.99 Å². The Hall–Kier alpha value is -1.28. The van der Waals surface area contributed by atoms with Crippen LogP contribution in [-0.4, -0.2) is 53.2 Å². The molecular formula is C17H25IN4O. The minimum absolute atomic E-state index is 0. The van der Waals surface area contributed by atoms with Crippen molar-refractivity contribution in [3.8, 4) is 0 Å². The summed E-state index contributed by atoms with van der Waals surface area (Å²) in [5.74, 6) is 0.916. The maximum absolute atomic E-state index is 9.68. The molecule has 1 aromatic heterocycles. The molecule has 23 heavy (non-hydrogen) atoms. The lowest BCUT2D eigenvalue weighted by Crippen LogP contribution is -2.40. The van der Waals surface area contributed by atoms with Crippen molar-refractivity contribution in [1.29, 1.82) is 0 Å². The van der Waals surface area contributed by atoms with Gasteiger partial charge >= 0.3 is 0 Å². The van der Waals surface area contributed by atoms with Gasteiger partial charge in [0.15, 0.2) is 5.96 Å². The molecule has 2 heterocycles. The Morgan fingerprint density at radius 1 is 1.43 bits per heavy atom. The minimum atomic E-state index is -0.225. The van der Waals surface area contributed by atoms with E-state index in [9.17, 15) is 5.11 Å². The summed E-state index contributed by atoms with van der Waals surface area (Å²) in [6.07, 6.45) is 3.59. The van der Waals surface area contributed by atoms with Crippen LogP contribution >= 0.6 is 24.0 Å². The van der Waals surface area contributed by atoms with Gasteiger partial charge in [-0.25, -0.2) is 0 Å². The van der Waals surface area contributed by atoms with Crippen molar-refractivity contribution in [2.75, 3.05) is 26.2 Å². The number of benzene rings is 1. The fraction of sp³-hybridized carbons (Fsp3) is 0.471. The SMILES string of the molecule is CCNC(=NCCc1c[nH]c2ccccc12)N1CC[C@@H](O)C1.I. The summed E-state index contributed by atoms with van der Waals surface area (Å²) in [5.41, 5.74) is 2.48. The number of hydrogen-bond acceptors (Lipinski definition) is 2. The molecule has 0 bridgehead atoms. The second-order valence-corrected chi connectivity index (χ2v) is 5.73. The van der Waals surface area contributed by atoms with Gasteiger partial charge in [0.1, 0.15) is 0 Å². The normalized spacial score (nSPS) is 18.3. The van der Waals surface area contributed by atoms with E-state index in [2.05, 4.69) is 46.5 Å². The van der Waals surface area contributed by atoms with E-state index in [4.69, 9.17) is 4.99 Å². The fourth-order valence-electron chi connectivity index (χ4n) is 2.98. The topological polar surface area (TPSA) is 63.7 Å². The lowest BCUT2D eigenvalue weighted by molar-refractivity contribution is 0.188. The molecule has 1 fully saturated rings. The number of aromatic nitrogens is 1. The monoisotopic (exact) mass is 428 g/mol. The summed E-state index contributed by atoms with van der Waals surface area (Å²) in [4.78, 5) is 10.2. The first-order valence-corrected chi connectivity index (χ1v) is 8.04. The van der Waals surface area contributed by atoms with Crippen LogP contribution in [0.25, 0.3) is 10.9 Å². The molecule has 1 atom stereocenters. The predicted molar refractivity (Wildman–Crippen MR) is 106 cm³/mol. The molecule has 126 valence electrons. The summed E-state index contributed by atoms with van der Waals surface area (Å²) in [6, 6.07) is 8.35. The minimum Gasteiger partial charge on any atom is -0.391 e. The molecule has 3 N–H and O–H groups in total. The third-order valence-corrected chi connectivity index (χ3v) is 4.12. The second-order valence-electron chi connectivity index (χ2n) is 5.73. The highest BCUT2D eigenvalue weighted by Gasteiger charge is 2.22. The Bertz CT molecular complexity index is 655. The number of aliphatic imine (C=N–C) groups is 1. The zero-order chi connectivity index (χ0) is 15.4. The summed E-state index contributed by atoms with van der Waals surface area (Å²) in [6.45, 7) is 5.22. The van der Waals surface area contributed by atoms with Gasteiger partial charge in [-0.05, 0) is 31.4 Å². The molecule has 5 nitrogen and oxygen atoms in total. The van der Waals surface area contributed by atoms with E-state index >= 15 is 0 Å². The number of para-hydroxylation sites is 1. The van der Waals surface area contributed by atoms with Gasteiger partial charge in [-0.1, -0.05) is 18.2 Å². The molecule has 1 aromatic carbocycles. The lowest BCUT2D eigenvalue weighted by Gasteiger charge is -2.20. The average molecular weight is 428 g/mol. The Morgan fingerprint density at radius 2 is 2.26 bits per heavy atom. The van der Waals surface area contributed by atoms with Crippen LogP contribution in [0, 0.1) is 0 Å². The average Bonchev–Trinajstić information content (AvgIpc) is 3.13. The highest BCUT2D eigenvalue weighted by atomic mass is 127. The van der Waals surface area contributed by atoms with Crippen LogP contribution in [-0.2, 0) is 6.42 Å². The summed E-state index contributed by atoms with van der Waals surface area (Å²) in [7, 11) is 0. The van der Waals surface area contributed by atoms with Crippen molar-refractivity contribution >= 4 is 40.8 Å². The zero-order valence-electron chi connectivity index (χ0n) is 13.5. The van der Waals surface area contributed by atoms with Crippen LogP contribution in [0.1, 0.15) is 18.9 Å². The smallest absolute Gasteiger partial charge is 0.194 e. The molecule has 3 rings (SSSR count). The quantitative estimate of drug-likeness (QED) is 0.398. The van der Waals surface area contributed by atoms with Gasteiger partial charge in [0.2, 0.25) is 0 Å². The number of H-pyrrole nitrogens is 1. The number of aromatic amines is 1. The lowest BCUT2D eigenvalue weighted by atomic mass is 10.1. The number of nitrogens with one attached hydrogen (secondary N) is 2. The summed E-state index contributed by atoms with van der Waals surface area (Å²) >= 11 is 0. The second kappa shape index (κ2) is 8.54. The van der Waals surface area contributed by atoms with Crippen molar-refractivity contribution in [3.05, 3.63) is 36.0 Å². The molecular weight excluding hydrogens is 403 g/mol. The summed E-state index contributed by atoms with van der Waals surface area (Å²) < 4.78 is 0. The van der Waals surface area contributed by atoms with Crippen LogP contribution < -0.4 is 5.32 Å². The maximum Gasteiger partial charge on any atom is 0.194 e. The van der Waals surface area contributed by atoms with Gasteiger partial charge in [0, 0.05) is 43.3 Å². The molecule has 0 saturated carbocycles. The standard InChI is InChI=1S/C17H24N4O.HI/c1-2-18-17(21-10-8-14(22)12-21)19-9-7-13-11-20-16-6-4-3-5-15(13)16;/h3-6,11,14,20,22H,2,7-10,12H2,1H3,(H,18,19);1H/t14-;/m1./s1. The molecule has 0 radical (unpaired) electrons. The number of aliphatic hydroxyl groups is 1. The van der Waals surface area contributed by atoms with Crippen LogP contribution in [0.2, 0.25) is 0 Å². The van der Waals surface area contributed by atoms with Gasteiger partial charge in [-0.3, -0.25) is 4.99 Å². The third kappa shape index (κ3) is 4.38. The van der Waals surface area contributed by atoms with Gasteiger partial charge in [0.25, 0.3) is 0 Å². The molecule has 0 amide bonds. The molecule has 0 unspecified atom stereocenters. The number of nitrogens with zero attached hydrogens (tertiary/aromatic N) is 2. The number of fused-ring (bicyclic) bond motifs is 1. The van der Waals surface area contributed by atoms with Crippen molar-refractivity contribution < 1.29 is 5.11 Å². The van der Waals surface area contributed by atoms with Crippen molar-refractivity contribution in [3.63, 3.8) is 0 Å².